The van der Waals surface area contributed by atoms with E-state index in [4.69, 9.17) is 9.57 Å². The van der Waals surface area contributed by atoms with Gasteiger partial charge < -0.3 is 9.57 Å². The average molecular weight is 221 g/mol. The van der Waals surface area contributed by atoms with E-state index in [9.17, 15) is 4.79 Å². The molecule has 1 aromatic carbocycles. The topological polar surface area (TPSA) is 38.8 Å². The van der Waals surface area contributed by atoms with E-state index in [2.05, 4.69) is 0 Å². The molecule has 2 rings (SSSR count). The number of hydroxylamine groups is 2. The van der Waals surface area contributed by atoms with Crippen molar-refractivity contribution in [3.8, 4) is 0 Å². The summed E-state index contributed by atoms with van der Waals surface area (Å²) in [7, 11) is 0. The molecule has 1 aliphatic rings. The highest BCUT2D eigenvalue weighted by molar-refractivity contribution is 5.90. The van der Waals surface area contributed by atoms with Gasteiger partial charge in [0.05, 0.1) is 31.9 Å². The Bertz CT molecular complexity index is 372. The first-order valence-electron chi connectivity index (χ1n) is 5.38. The van der Waals surface area contributed by atoms with Crippen LogP contribution in [0.3, 0.4) is 0 Å². The quantitative estimate of drug-likeness (QED) is 0.756. The van der Waals surface area contributed by atoms with E-state index in [-0.39, 0.29) is 5.97 Å². The lowest BCUT2D eigenvalue weighted by Crippen LogP contribution is -2.38. The largest absolute Gasteiger partial charge is 0.379 e. The molecule has 1 fully saturated rings. The third-order valence-corrected chi connectivity index (χ3v) is 2.55. The Morgan fingerprint density at radius 3 is 2.69 bits per heavy atom. The number of hydrogen-bond donors (Lipinski definition) is 0. The molecule has 0 atom stereocenters. The van der Waals surface area contributed by atoms with E-state index in [0.717, 1.165) is 5.56 Å². The van der Waals surface area contributed by atoms with Crippen LogP contribution in [0.25, 0.3) is 0 Å². The lowest BCUT2D eigenvalue weighted by atomic mass is 10.1. The van der Waals surface area contributed by atoms with Crippen LogP contribution < -0.4 is 0 Å². The SMILES string of the molecule is Cc1ccccc1C(=O)ON1CCOCC1. The lowest BCUT2D eigenvalue weighted by molar-refractivity contribution is -0.150. The Labute approximate surface area is 94.7 Å². The number of carbonyl (C=O) groups excluding carboxylic acids is 1. The van der Waals surface area contributed by atoms with Crippen LogP contribution >= 0.6 is 0 Å². The van der Waals surface area contributed by atoms with Gasteiger partial charge in [0.2, 0.25) is 0 Å². The van der Waals surface area contributed by atoms with Gasteiger partial charge in [-0.1, -0.05) is 18.2 Å². The van der Waals surface area contributed by atoms with Crippen molar-refractivity contribution >= 4 is 5.97 Å². The van der Waals surface area contributed by atoms with Crippen LogP contribution in [0.4, 0.5) is 0 Å². The van der Waals surface area contributed by atoms with Gasteiger partial charge in [-0.05, 0) is 18.6 Å². The van der Waals surface area contributed by atoms with Gasteiger partial charge in [-0.2, -0.15) is 0 Å². The Morgan fingerprint density at radius 1 is 1.31 bits per heavy atom. The summed E-state index contributed by atoms with van der Waals surface area (Å²) in [4.78, 5) is 17.1. The van der Waals surface area contributed by atoms with Crippen molar-refractivity contribution in [2.75, 3.05) is 26.3 Å². The first kappa shape index (κ1) is 11.1. The third-order valence-electron chi connectivity index (χ3n) is 2.55. The maximum Gasteiger partial charge on any atom is 0.357 e. The standard InChI is InChI=1S/C12H15NO3/c1-10-4-2-3-5-11(10)12(14)16-13-6-8-15-9-7-13/h2-5H,6-9H2,1H3. The highest BCUT2D eigenvalue weighted by Crippen LogP contribution is 2.10. The second-order valence-corrected chi connectivity index (χ2v) is 3.74. The number of hydrogen-bond acceptors (Lipinski definition) is 4. The average Bonchev–Trinajstić information content (AvgIpc) is 2.31. The van der Waals surface area contributed by atoms with Gasteiger partial charge in [-0.3, -0.25) is 0 Å². The van der Waals surface area contributed by atoms with Crippen LogP contribution in [0.2, 0.25) is 0 Å². The number of carbonyl (C=O) groups is 1. The molecular weight excluding hydrogens is 206 g/mol. The van der Waals surface area contributed by atoms with E-state index >= 15 is 0 Å². The summed E-state index contributed by atoms with van der Waals surface area (Å²) in [6.45, 7) is 4.40. The Morgan fingerprint density at radius 2 is 2.00 bits per heavy atom. The summed E-state index contributed by atoms with van der Waals surface area (Å²) in [5.41, 5.74) is 1.55. The van der Waals surface area contributed by atoms with Crippen LogP contribution in [0.5, 0.6) is 0 Å². The fraction of sp³-hybridized carbons (Fsp3) is 0.417. The zero-order chi connectivity index (χ0) is 11.4. The first-order chi connectivity index (χ1) is 7.77. The molecule has 4 heteroatoms. The van der Waals surface area contributed by atoms with Crippen LogP contribution in [-0.2, 0) is 9.57 Å². The smallest absolute Gasteiger partial charge is 0.357 e. The van der Waals surface area contributed by atoms with E-state index in [0.29, 0.717) is 31.9 Å². The van der Waals surface area contributed by atoms with Crippen molar-refractivity contribution in [3.63, 3.8) is 0 Å². The van der Waals surface area contributed by atoms with E-state index in [1.54, 1.807) is 11.1 Å². The Hall–Kier alpha value is -1.39. The van der Waals surface area contributed by atoms with Crippen molar-refractivity contribution in [1.82, 2.24) is 5.06 Å². The molecule has 86 valence electrons. The minimum absolute atomic E-state index is 0.292. The molecule has 1 heterocycles. The molecule has 0 aromatic heterocycles. The molecule has 0 saturated carbocycles. The fourth-order valence-corrected chi connectivity index (χ4v) is 1.61. The van der Waals surface area contributed by atoms with Gasteiger partial charge in [-0.25, -0.2) is 4.79 Å². The van der Waals surface area contributed by atoms with Crippen molar-refractivity contribution < 1.29 is 14.4 Å². The maximum atomic E-state index is 11.8. The summed E-state index contributed by atoms with van der Waals surface area (Å²) in [5.74, 6) is -0.292. The van der Waals surface area contributed by atoms with E-state index in [1.807, 2.05) is 25.1 Å². The molecule has 16 heavy (non-hydrogen) atoms. The number of nitrogens with zero attached hydrogens (tertiary/aromatic N) is 1. The fourth-order valence-electron chi connectivity index (χ4n) is 1.61. The van der Waals surface area contributed by atoms with Crippen LogP contribution in [0.15, 0.2) is 24.3 Å². The normalized spacial score (nSPS) is 17.1. The molecule has 1 aromatic rings. The molecule has 1 aliphatic heterocycles. The predicted molar refractivity (Wildman–Crippen MR) is 59.0 cm³/mol. The van der Waals surface area contributed by atoms with Crippen LogP contribution in [0.1, 0.15) is 15.9 Å². The summed E-state index contributed by atoms with van der Waals surface area (Å²) >= 11 is 0. The van der Waals surface area contributed by atoms with Crippen molar-refractivity contribution in [1.29, 1.82) is 0 Å². The highest BCUT2D eigenvalue weighted by Gasteiger charge is 2.17. The second-order valence-electron chi connectivity index (χ2n) is 3.74. The summed E-state index contributed by atoms with van der Waals surface area (Å²) < 4.78 is 5.18. The molecule has 1 saturated heterocycles. The molecular formula is C12H15NO3. The zero-order valence-electron chi connectivity index (χ0n) is 9.31. The van der Waals surface area contributed by atoms with E-state index < -0.39 is 0 Å². The second kappa shape index (κ2) is 5.09. The number of benzene rings is 1. The summed E-state index contributed by atoms with van der Waals surface area (Å²) in [5, 5.41) is 1.65. The van der Waals surface area contributed by atoms with Crippen molar-refractivity contribution in [3.05, 3.63) is 35.4 Å². The molecule has 0 radical (unpaired) electrons. The van der Waals surface area contributed by atoms with Gasteiger partial charge in [0.1, 0.15) is 0 Å². The van der Waals surface area contributed by atoms with Crippen molar-refractivity contribution in [2.45, 2.75) is 6.92 Å². The van der Waals surface area contributed by atoms with Gasteiger partial charge in [0.15, 0.2) is 0 Å². The monoisotopic (exact) mass is 221 g/mol. The first-order valence-corrected chi connectivity index (χ1v) is 5.38. The number of rotatable bonds is 2. The molecule has 0 bridgehead atoms. The molecule has 0 unspecified atom stereocenters. The lowest BCUT2D eigenvalue weighted by Gasteiger charge is -2.25. The molecule has 0 spiro atoms. The number of aryl methyl sites for hydroxylation is 1. The molecule has 0 amide bonds. The third kappa shape index (κ3) is 2.59. The number of morpholine rings is 1. The van der Waals surface area contributed by atoms with E-state index in [1.165, 1.54) is 0 Å². The van der Waals surface area contributed by atoms with Gasteiger partial charge in [0, 0.05) is 0 Å². The Kier molecular flexibility index (Phi) is 3.54. The minimum Gasteiger partial charge on any atom is -0.379 e. The van der Waals surface area contributed by atoms with Gasteiger partial charge in [0.25, 0.3) is 0 Å². The van der Waals surface area contributed by atoms with Gasteiger partial charge >= 0.3 is 5.97 Å². The number of ether oxygens (including phenoxy) is 1. The molecule has 0 N–H and O–H groups in total. The minimum atomic E-state index is -0.292. The Balaban J connectivity index is 2.00. The van der Waals surface area contributed by atoms with Crippen molar-refractivity contribution in [2.24, 2.45) is 0 Å². The highest BCUT2D eigenvalue weighted by atomic mass is 16.7. The van der Waals surface area contributed by atoms with Crippen LogP contribution in [0, 0.1) is 6.92 Å². The summed E-state index contributed by atoms with van der Waals surface area (Å²) in [6.07, 6.45) is 0. The molecule has 0 aliphatic carbocycles. The summed E-state index contributed by atoms with van der Waals surface area (Å²) in [6, 6.07) is 7.41. The zero-order valence-corrected chi connectivity index (χ0v) is 9.31. The maximum absolute atomic E-state index is 11.8. The van der Waals surface area contributed by atoms with Crippen LogP contribution in [-0.4, -0.2) is 37.3 Å². The predicted octanol–water partition coefficient (Wildman–Crippen LogP) is 1.40. The molecule has 4 nitrogen and oxygen atoms in total. The van der Waals surface area contributed by atoms with Gasteiger partial charge in [-0.15, -0.1) is 5.06 Å².